The van der Waals surface area contributed by atoms with Gasteiger partial charge in [0.25, 0.3) is 0 Å². The number of aliphatic hydroxyl groups excluding tert-OH is 12. The molecule has 69 heavy (non-hydrogen) atoms. The summed E-state index contributed by atoms with van der Waals surface area (Å²) in [7, 11) is 0. The van der Waals surface area contributed by atoms with Gasteiger partial charge in [0.1, 0.15) is 73.2 Å². The van der Waals surface area contributed by atoms with Gasteiger partial charge in [-0.1, -0.05) is 40.5 Å². The largest absolute Gasteiger partial charge is 0.394 e. The number of fused-ring (bicyclic) bond motifs is 5. The fourth-order valence-corrected chi connectivity index (χ4v) is 14.0. The third kappa shape index (κ3) is 11.4. The van der Waals surface area contributed by atoms with E-state index < -0.39 is 112 Å². The summed E-state index contributed by atoms with van der Waals surface area (Å²) in [5, 5.41) is 122. The zero-order chi connectivity index (χ0) is 49.9. The van der Waals surface area contributed by atoms with Gasteiger partial charge in [0.05, 0.1) is 77.8 Å². The predicted molar refractivity (Wildman–Crippen MR) is 238 cm³/mol. The van der Waals surface area contributed by atoms with Crippen molar-refractivity contribution in [1.29, 1.82) is 0 Å². The topological polar surface area (TPSA) is 326 Å². The van der Waals surface area contributed by atoms with Gasteiger partial charge in [-0.2, -0.15) is 0 Å². The second-order valence-electron chi connectivity index (χ2n) is 21.5. The van der Waals surface area contributed by atoms with E-state index in [-0.39, 0.29) is 92.5 Å². The van der Waals surface area contributed by atoms with Gasteiger partial charge in [0, 0.05) is 5.41 Å². The Morgan fingerprint density at radius 2 is 0.986 bits per heavy atom. The molecule has 7 fully saturated rings. The molecule has 4 aliphatic carbocycles. The summed E-state index contributed by atoms with van der Waals surface area (Å²) in [5.41, 5.74) is -0.384. The van der Waals surface area contributed by atoms with Crippen molar-refractivity contribution in [3.63, 3.8) is 0 Å². The van der Waals surface area contributed by atoms with Crippen LogP contribution in [0.4, 0.5) is 0 Å². The van der Waals surface area contributed by atoms with Crippen LogP contribution in [0.25, 0.3) is 0 Å². The van der Waals surface area contributed by atoms with Crippen molar-refractivity contribution in [2.24, 2.45) is 46.3 Å². The van der Waals surface area contributed by atoms with Crippen molar-refractivity contribution in [3.05, 3.63) is 0 Å². The molecule has 0 spiro atoms. The van der Waals surface area contributed by atoms with E-state index in [9.17, 15) is 61.3 Å². The normalized spacial score (nSPS) is 49.5. The lowest BCUT2D eigenvalue weighted by Crippen LogP contribution is -2.63. The minimum Gasteiger partial charge on any atom is -0.394 e. The van der Waals surface area contributed by atoms with E-state index >= 15 is 0 Å². The zero-order valence-corrected chi connectivity index (χ0v) is 40.6. The molecule has 21 heteroatoms. The lowest BCUT2D eigenvalue weighted by Gasteiger charge is -2.64. The minimum atomic E-state index is -1.57. The Hall–Kier alpha value is -0.840. The molecule has 0 radical (unpaired) electrons. The second kappa shape index (κ2) is 24.2. The summed E-state index contributed by atoms with van der Waals surface area (Å²) in [5.74, 6) is 1.48. The highest BCUT2D eigenvalue weighted by Gasteiger charge is 2.67. The van der Waals surface area contributed by atoms with Crippen molar-refractivity contribution in [2.45, 2.75) is 196 Å². The molecular formula is C48H84O21. The first-order valence-electron chi connectivity index (χ1n) is 25.6. The summed E-state index contributed by atoms with van der Waals surface area (Å²) >= 11 is 0. The van der Waals surface area contributed by atoms with E-state index in [1.54, 1.807) is 0 Å². The maximum absolute atomic E-state index is 10.6. The number of rotatable bonds is 21. The van der Waals surface area contributed by atoms with Gasteiger partial charge in [0.2, 0.25) is 0 Å². The standard InChI is InChI=1S/C48H84O21/c1-5-6-23(2)26-7-8-27-34-28(19-33(48(26,27)4)63-13-16-66-46-43(60)40(57)37(54)32(22-51)69-46)47(3)10-9-25(61-11-14-64-44-41(58)38(55)35(52)30(20-49)67-44)17-24(47)18-29(34)62-12-15-65-45-42(59)39(56)36(53)31(21-50)68-45/h23-46,49-60H,5-22H2,1-4H3/t23-,24+,25-,26-,27+,28+,29-,30-,31+,32-,33+,34+,35-,36+,37-,38+,39-,40+,41-,42+,43-,44-,45+,46-,47+,48-/m1/s1. The van der Waals surface area contributed by atoms with Crippen LogP contribution >= 0.6 is 0 Å². The fraction of sp³-hybridized carbons (Fsp3) is 1.00. The smallest absolute Gasteiger partial charge is 0.186 e. The van der Waals surface area contributed by atoms with Gasteiger partial charge >= 0.3 is 0 Å². The Morgan fingerprint density at radius 3 is 1.46 bits per heavy atom. The Kier molecular flexibility index (Phi) is 19.6. The number of ether oxygens (including phenoxy) is 9. The van der Waals surface area contributed by atoms with E-state index in [2.05, 4.69) is 27.7 Å². The Morgan fingerprint density at radius 1 is 0.522 bits per heavy atom. The first-order valence-corrected chi connectivity index (χ1v) is 25.6. The average molecular weight is 997 g/mol. The van der Waals surface area contributed by atoms with Crippen molar-refractivity contribution >= 4 is 0 Å². The molecule has 0 aromatic rings. The van der Waals surface area contributed by atoms with Gasteiger partial charge in [-0.25, -0.2) is 0 Å². The third-order valence-electron chi connectivity index (χ3n) is 17.8. The SMILES string of the molecule is CCC[C@@H](C)[C@H]1CC[C@H]2[C@@H]3[C@H](OCCO[C@H]4O[C@@H](CO)[C@H](O)[C@@H](O)[C@@H]4O)C[C@@H]4C[C@H](OCCO[C@@H]5O[C@H](CO)[C@@H](O)[C@H](O)[C@H]5O)CC[C@]4(C)[C@H]3C[C@H](OCCO[C@@H]3O[C@H](CO)[C@@H](O)[C@H](O)[C@H]3O)[C@]12C. The van der Waals surface area contributed by atoms with E-state index in [0.29, 0.717) is 11.8 Å². The molecule has 3 aliphatic heterocycles. The van der Waals surface area contributed by atoms with Crippen LogP contribution in [0.15, 0.2) is 0 Å². The molecule has 26 atom stereocenters. The van der Waals surface area contributed by atoms with Crippen LogP contribution in [0.1, 0.15) is 85.5 Å². The summed E-state index contributed by atoms with van der Waals surface area (Å²) in [6, 6.07) is 0. The average Bonchev–Trinajstić information content (AvgIpc) is 3.70. The molecule has 3 heterocycles. The van der Waals surface area contributed by atoms with Crippen LogP contribution in [0.3, 0.4) is 0 Å². The summed E-state index contributed by atoms with van der Waals surface area (Å²) in [6.07, 6.45) is -13.3. The van der Waals surface area contributed by atoms with Crippen molar-refractivity contribution < 1.29 is 104 Å². The summed E-state index contributed by atoms with van der Waals surface area (Å²) in [4.78, 5) is 0. The minimum absolute atomic E-state index is 0.0109. The molecule has 3 saturated heterocycles. The molecule has 7 aliphatic rings. The van der Waals surface area contributed by atoms with Gasteiger partial charge in [-0.3, -0.25) is 0 Å². The van der Waals surface area contributed by atoms with Gasteiger partial charge < -0.3 is 104 Å². The molecule has 0 unspecified atom stereocenters. The molecule has 4 saturated carbocycles. The highest BCUT2D eigenvalue weighted by molar-refractivity contribution is 5.15. The Balaban J connectivity index is 1.07. The summed E-state index contributed by atoms with van der Waals surface area (Å²) in [6.45, 7) is 8.18. The van der Waals surface area contributed by atoms with Crippen molar-refractivity contribution in [2.75, 3.05) is 59.5 Å². The van der Waals surface area contributed by atoms with Crippen LogP contribution in [0.2, 0.25) is 0 Å². The van der Waals surface area contributed by atoms with Gasteiger partial charge in [-0.05, 0) is 85.9 Å². The van der Waals surface area contributed by atoms with E-state index in [1.165, 1.54) is 0 Å². The van der Waals surface area contributed by atoms with Crippen LogP contribution in [-0.2, 0) is 42.6 Å². The van der Waals surface area contributed by atoms with Crippen LogP contribution in [0, 0.1) is 46.3 Å². The van der Waals surface area contributed by atoms with E-state index in [0.717, 1.165) is 57.8 Å². The van der Waals surface area contributed by atoms with Gasteiger partial charge in [-0.15, -0.1) is 0 Å². The van der Waals surface area contributed by atoms with Crippen molar-refractivity contribution in [1.82, 2.24) is 0 Å². The number of aliphatic hydroxyl groups is 12. The second-order valence-corrected chi connectivity index (χ2v) is 21.5. The molecule has 7 rings (SSSR count). The lowest BCUT2D eigenvalue weighted by molar-refractivity contribution is -0.305. The molecule has 0 aromatic carbocycles. The molecular weight excluding hydrogens is 913 g/mol. The van der Waals surface area contributed by atoms with Crippen LogP contribution in [-0.4, -0.2) is 231 Å². The molecule has 0 aromatic heterocycles. The first-order chi connectivity index (χ1) is 32.9. The molecule has 0 bridgehead atoms. The maximum Gasteiger partial charge on any atom is 0.186 e. The maximum atomic E-state index is 10.6. The Bertz CT molecular complexity index is 1560. The molecule has 402 valence electrons. The lowest BCUT2D eigenvalue weighted by atomic mass is 9.43. The fourth-order valence-electron chi connectivity index (χ4n) is 14.0. The third-order valence-corrected chi connectivity index (χ3v) is 17.8. The highest BCUT2D eigenvalue weighted by Crippen LogP contribution is 2.69. The first kappa shape index (κ1) is 55.9. The summed E-state index contributed by atoms with van der Waals surface area (Å²) < 4.78 is 54.6. The molecule has 21 nitrogen and oxygen atoms in total. The highest BCUT2D eigenvalue weighted by atomic mass is 16.7. The monoisotopic (exact) mass is 997 g/mol. The Labute approximate surface area is 404 Å². The van der Waals surface area contributed by atoms with E-state index in [4.69, 9.17) is 42.6 Å². The van der Waals surface area contributed by atoms with Gasteiger partial charge in [0.15, 0.2) is 18.9 Å². The number of hydrogen-bond acceptors (Lipinski definition) is 21. The molecule has 0 amide bonds. The van der Waals surface area contributed by atoms with Crippen LogP contribution < -0.4 is 0 Å². The van der Waals surface area contributed by atoms with Crippen molar-refractivity contribution in [3.8, 4) is 0 Å². The molecule has 12 N–H and O–H groups in total. The quantitative estimate of drug-likeness (QED) is 0.0549. The predicted octanol–water partition coefficient (Wildman–Crippen LogP) is -2.09. The zero-order valence-electron chi connectivity index (χ0n) is 40.6. The number of hydrogen-bond donors (Lipinski definition) is 12. The van der Waals surface area contributed by atoms with E-state index in [1.807, 2.05) is 0 Å². The van der Waals surface area contributed by atoms with Crippen LogP contribution in [0.5, 0.6) is 0 Å².